The van der Waals surface area contributed by atoms with Gasteiger partial charge in [0.2, 0.25) is 53.4 Å². The maximum atomic E-state index is 15.8. The van der Waals surface area contributed by atoms with Crippen LogP contribution in [0, 0.1) is 5.92 Å². The molecule has 7 amide bonds. The number of benzene rings is 5. The number of aliphatic carboxylic acids is 1. The van der Waals surface area contributed by atoms with Crippen LogP contribution in [0.3, 0.4) is 0 Å². The fourth-order valence-electron chi connectivity index (χ4n) is 10.7. The van der Waals surface area contributed by atoms with Gasteiger partial charge >= 0.3 is 5.97 Å². The number of ether oxygens (including phenoxy) is 4. The van der Waals surface area contributed by atoms with Crippen LogP contribution in [0.2, 0.25) is 10.0 Å². The number of nitrogens with one attached hydrogen (secondary N) is 7. The minimum Gasteiger partial charge on any atom is -0.508 e. The third kappa shape index (κ3) is 13.9. The molecule has 0 saturated carbocycles. The van der Waals surface area contributed by atoms with E-state index in [1.165, 1.54) is 19.2 Å². The van der Waals surface area contributed by atoms with Gasteiger partial charge in [-0.15, -0.1) is 0 Å². The van der Waals surface area contributed by atoms with Crippen molar-refractivity contribution in [3.8, 4) is 57.1 Å². The molecule has 0 aromatic heterocycles. The lowest BCUT2D eigenvalue weighted by molar-refractivity contribution is -0.241. The number of hydrogen-bond donors (Lipinski definition) is 17. The van der Waals surface area contributed by atoms with Gasteiger partial charge in [0.25, 0.3) is 0 Å². The summed E-state index contributed by atoms with van der Waals surface area (Å²) in [5.41, 5.74) is 3.05. The first-order valence-corrected chi connectivity index (χ1v) is 28.6. The van der Waals surface area contributed by atoms with E-state index in [9.17, 15) is 69.9 Å². The van der Waals surface area contributed by atoms with E-state index in [2.05, 4.69) is 37.2 Å². The van der Waals surface area contributed by atoms with E-state index in [0.717, 1.165) is 66.7 Å². The van der Waals surface area contributed by atoms with Crippen molar-refractivity contribution in [2.45, 2.75) is 112 Å². The molecular formula is C59H62Cl2N8O21. The van der Waals surface area contributed by atoms with Crippen molar-refractivity contribution >= 4 is 70.5 Å². The summed E-state index contributed by atoms with van der Waals surface area (Å²) >= 11 is 13.9. The minimum atomic E-state index is -2.27. The van der Waals surface area contributed by atoms with Gasteiger partial charge < -0.3 is 108 Å². The summed E-state index contributed by atoms with van der Waals surface area (Å²) in [4.78, 5) is 115. The van der Waals surface area contributed by atoms with Gasteiger partial charge in [-0.2, -0.15) is 0 Å². The first-order valence-electron chi connectivity index (χ1n) is 27.8. The first-order chi connectivity index (χ1) is 42.6. The highest BCUT2D eigenvalue weighted by molar-refractivity contribution is 6.32. The smallest absolute Gasteiger partial charge is 0.330 e. The number of carbonyl (C=O) groups excluding carboxylic acids is 7. The van der Waals surface area contributed by atoms with E-state index in [1.807, 2.05) is 13.8 Å². The molecule has 90 heavy (non-hydrogen) atoms. The standard InChI is InChI=1S/C59H62Cl2N8O21/c1-21(2)10-32(63-3)52(79)68-46-48(76)23-5-8-37(30(60)12-23)88-39-14-25-15-40(51(39)90-59-50(78)36(74)18-27(20-70)87-59)89-38-9-6-24(13-31(38)61)49(77)47-57(84)67-45(58(85)86)29-16-26(71)17-35(73)42(29)28-11-22(4-7-34(28)72)43(54(81)69-47)66-55(82)44(25)65-53(80)33(19-41(62)75)64-56(46)83/h4-9,11-17,21,27,32-33,36,43-50,59,63,70-74,76-78H,10,18-20H2,1-3H3,(H2,62,75)(H,64,83)(H,65,80)(H,66,82)(H,67,84)(H,68,79)(H,69,81)(H,85,86)/t27-,32+,33-,36-,43+,44+,45-,46+,47-,48+,49+,50+,59-/m0/s1. The largest absolute Gasteiger partial charge is 0.508 e. The number of halogens is 2. The first kappa shape index (κ1) is 65.4. The third-order valence-corrected chi connectivity index (χ3v) is 15.8. The second-order valence-corrected chi connectivity index (χ2v) is 22.9. The Morgan fingerprint density at radius 1 is 0.700 bits per heavy atom. The fourth-order valence-corrected chi connectivity index (χ4v) is 11.2. The molecule has 31 heteroatoms. The fraction of sp³-hybridized carbons (Fsp3) is 0.356. The second-order valence-electron chi connectivity index (χ2n) is 22.1. The number of primary amides is 1. The topological polar surface area (TPSA) is 466 Å². The van der Waals surface area contributed by atoms with Gasteiger partial charge in [0.05, 0.1) is 41.3 Å². The van der Waals surface area contributed by atoms with Crippen LogP contribution >= 0.6 is 23.2 Å². The van der Waals surface area contributed by atoms with Crippen molar-refractivity contribution in [1.82, 2.24) is 37.2 Å². The molecule has 6 aliphatic rings. The lowest BCUT2D eigenvalue weighted by atomic mass is 9.89. The Hall–Kier alpha value is -9.04. The van der Waals surface area contributed by atoms with Gasteiger partial charge in [0.1, 0.15) is 77.3 Å². The highest BCUT2D eigenvalue weighted by Crippen LogP contribution is 2.49. The van der Waals surface area contributed by atoms with E-state index in [-0.39, 0.29) is 52.0 Å². The molecular weight excluding hydrogens is 1230 g/mol. The number of aliphatic hydroxyl groups is 5. The molecule has 0 radical (unpaired) electrons. The van der Waals surface area contributed by atoms with Crippen LogP contribution < -0.4 is 57.2 Å². The Kier molecular flexibility index (Phi) is 19.6. The van der Waals surface area contributed by atoms with Crippen LogP contribution in [0.15, 0.2) is 78.9 Å². The molecule has 5 aromatic carbocycles. The Morgan fingerprint density at radius 3 is 1.89 bits per heavy atom. The molecule has 18 N–H and O–H groups in total. The number of carboxylic acid groups (broad SMARTS) is 1. The summed E-state index contributed by atoms with van der Waals surface area (Å²) in [7, 11) is 1.48. The number of fused-ring (bicyclic) bond motifs is 15. The van der Waals surface area contributed by atoms with Crippen molar-refractivity contribution in [2.24, 2.45) is 11.7 Å². The van der Waals surface area contributed by atoms with E-state index in [1.54, 1.807) is 0 Å². The zero-order chi connectivity index (χ0) is 65.3. The maximum absolute atomic E-state index is 15.8. The van der Waals surface area contributed by atoms with Crippen LogP contribution in [-0.2, 0) is 43.1 Å². The van der Waals surface area contributed by atoms with Crippen molar-refractivity contribution in [2.75, 3.05) is 13.7 Å². The summed E-state index contributed by atoms with van der Waals surface area (Å²) in [6.45, 7) is 2.97. The SMILES string of the molecule is CN[C@H](CC(C)C)C(=O)N[C@H]1C(=O)N[C@@H](CC(N)=O)C(=O)N[C@H]2C(=O)N[C@H]3C(=O)N[C@H](C(=O)N[C@H](C(=O)O)c4cc(O)cc(O)c4-c4cc3ccc4O)[C@H](O)c3ccc(c(Cl)c3)Oc3cc2cc(c3O[C@@H]2O[C@H](CO)C[C@H](O)[C@H]2O)Oc2ccc(cc2Cl)[C@H]1O. The summed E-state index contributed by atoms with van der Waals surface area (Å²) < 4.78 is 25.1. The number of phenolic OH excluding ortho intramolecular Hbond substituents is 3. The monoisotopic (exact) mass is 1290 g/mol. The molecule has 1 fully saturated rings. The van der Waals surface area contributed by atoms with E-state index in [0.29, 0.717) is 0 Å². The number of aromatic hydroxyl groups is 3. The number of hydrogen-bond acceptors (Lipinski definition) is 21. The molecule has 6 heterocycles. The van der Waals surface area contributed by atoms with E-state index in [4.69, 9.17) is 47.9 Å². The summed E-state index contributed by atoms with van der Waals surface area (Å²) in [6, 6.07) is -0.139. The van der Waals surface area contributed by atoms with Crippen LogP contribution in [-0.4, -0.2) is 156 Å². The number of phenols is 3. The van der Waals surface area contributed by atoms with Gasteiger partial charge in [-0.25, -0.2) is 4.79 Å². The van der Waals surface area contributed by atoms with Crippen molar-refractivity contribution in [1.29, 1.82) is 0 Å². The number of amides is 7. The molecule has 1 saturated heterocycles. The normalized spacial score (nSPS) is 25.6. The molecule has 13 atom stereocenters. The predicted molar refractivity (Wildman–Crippen MR) is 311 cm³/mol. The van der Waals surface area contributed by atoms with E-state index >= 15 is 14.4 Å². The van der Waals surface area contributed by atoms with Gasteiger partial charge in [0, 0.05) is 29.2 Å². The summed E-state index contributed by atoms with van der Waals surface area (Å²) in [6.07, 6.45) is -11.8. The van der Waals surface area contributed by atoms with Crippen LogP contribution in [0.1, 0.15) is 91.3 Å². The molecule has 6 aliphatic heterocycles. The molecule has 29 nitrogen and oxygen atoms in total. The van der Waals surface area contributed by atoms with Crippen LogP contribution in [0.5, 0.6) is 46.0 Å². The molecule has 11 rings (SSSR count). The quantitative estimate of drug-likeness (QED) is 0.0873. The predicted octanol–water partition coefficient (Wildman–Crippen LogP) is 0.898. The average molecular weight is 1290 g/mol. The Labute approximate surface area is 520 Å². The van der Waals surface area contributed by atoms with Gasteiger partial charge in [-0.05, 0) is 96.2 Å². The third-order valence-electron chi connectivity index (χ3n) is 15.3. The van der Waals surface area contributed by atoms with Crippen molar-refractivity contribution in [3.05, 3.63) is 117 Å². The van der Waals surface area contributed by atoms with Gasteiger partial charge in [0.15, 0.2) is 17.5 Å². The van der Waals surface area contributed by atoms with Gasteiger partial charge in [-0.3, -0.25) is 33.6 Å². The van der Waals surface area contributed by atoms with E-state index < -0.39 is 201 Å². The Morgan fingerprint density at radius 2 is 1.30 bits per heavy atom. The maximum Gasteiger partial charge on any atom is 0.330 e. The number of rotatable bonds is 11. The minimum absolute atomic E-state index is 0.0713. The number of carboxylic acids is 1. The summed E-state index contributed by atoms with van der Waals surface area (Å²) in [5.74, 6) is -15.4. The number of carbonyl (C=O) groups is 8. The molecule has 11 bridgehead atoms. The Balaban J connectivity index is 1.32. The molecule has 478 valence electrons. The second kappa shape index (κ2) is 27.0. The summed E-state index contributed by atoms with van der Waals surface area (Å²) in [5, 5.41) is 117. The molecule has 0 spiro atoms. The lowest BCUT2D eigenvalue weighted by Crippen LogP contribution is -2.59. The van der Waals surface area contributed by atoms with Crippen LogP contribution in [0.25, 0.3) is 11.1 Å². The number of likely N-dealkylation sites (N-methyl/N-ethyl adjacent to an activating group) is 1. The lowest BCUT2D eigenvalue weighted by Gasteiger charge is -2.36. The molecule has 5 aromatic rings. The zero-order valence-corrected chi connectivity index (χ0v) is 49.2. The average Bonchev–Trinajstić information content (AvgIpc) is 0.799. The van der Waals surface area contributed by atoms with Gasteiger partial charge in [-0.1, -0.05) is 55.2 Å². The highest BCUT2D eigenvalue weighted by atomic mass is 35.5. The van der Waals surface area contributed by atoms with Crippen LogP contribution in [0.4, 0.5) is 0 Å². The van der Waals surface area contributed by atoms with Crippen molar-refractivity contribution in [3.63, 3.8) is 0 Å². The number of nitrogens with two attached hydrogens (primary N) is 1. The highest BCUT2D eigenvalue weighted by Gasteiger charge is 2.44. The van der Waals surface area contributed by atoms with Crippen molar-refractivity contribution < 1.29 is 103 Å². The Bertz CT molecular complexity index is 3690. The molecule has 0 unspecified atom stereocenters. The molecule has 0 aliphatic carbocycles. The number of aliphatic hydroxyl groups excluding tert-OH is 5. The zero-order valence-electron chi connectivity index (χ0n) is 47.7.